The quantitative estimate of drug-likeness (QED) is 0.257. The van der Waals surface area contributed by atoms with Crippen molar-refractivity contribution in [2.45, 2.75) is 55.6 Å². The van der Waals surface area contributed by atoms with E-state index in [0.717, 1.165) is 53.2 Å². The number of halogens is 3. The van der Waals surface area contributed by atoms with Crippen molar-refractivity contribution >= 4 is 31.7 Å². The van der Waals surface area contributed by atoms with E-state index >= 15 is 0 Å². The molecule has 1 aliphatic heterocycles. The number of benzene rings is 3. The van der Waals surface area contributed by atoms with E-state index in [2.05, 4.69) is 54.9 Å². The first-order valence-corrected chi connectivity index (χ1v) is 14.8. The van der Waals surface area contributed by atoms with Crippen molar-refractivity contribution in [3.05, 3.63) is 72.3 Å². The molecule has 5 rings (SSSR count). The molecule has 7 nitrogen and oxygen atoms in total. The summed E-state index contributed by atoms with van der Waals surface area (Å²) in [5.41, 5.74) is 3.28. The number of aliphatic hydroxyl groups is 1. The van der Waals surface area contributed by atoms with E-state index in [1.54, 1.807) is 0 Å². The Hall–Kier alpha value is -3.12. The van der Waals surface area contributed by atoms with Gasteiger partial charge in [0, 0.05) is 41.9 Å². The molecule has 3 aromatic carbocycles. The minimum absolute atomic E-state index is 0.190. The monoisotopic (exact) mass is 574 g/mol. The van der Waals surface area contributed by atoms with Crippen LogP contribution in [-0.2, 0) is 16.3 Å². The second-order valence-corrected chi connectivity index (χ2v) is 12.1. The molecular weight excluding hydrogens is 541 g/mol. The number of aromatic nitrogens is 1. The topological polar surface area (TPSA) is 87.9 Å². The van der Waals surface area contributed by atoms with E-state index in [-0.39, 0.29) is 10.9 Å². The number of nitrogens with one attached hydrogen (secondary N) is 2. The van der Waals surface area contributed by atoms with Crippen molar-refractivity contribution in [1.82, 2.24) is 14.6 Å². The molecule has 0 radical (unpaired) electrons. The fraction of sp³-hybridized carbons (Fsp3) is 0.379. The molecular formula is C29H33F3N4O3S. The third-order valence-corrected chi connectivity index (χ3v) is 9.44. The van der Waals surface area contributed by atoms with Crippen molar-refractivity contribution in [3.63, 3.8) is 0 Å². The number of rotatable bonds is 8. The first kappa shape index (κ1) is 28.4. The Labute approximate surface area is 231 Å². The van der Waals surface area contributed by atoms with Crippen LogP contribution in [0, 0.1) is 0 Å². The lowest BCUT2D eigenvalue weighted by Crippen LogP contribution is -2.58. The van der Waals surface area contributed by atoms with E-state index in [0.29, 0.717) is 13.1 Å². The maximum Gasteiger partial charge on any atom is 0.573 e. The highest BCUT2D eigenvalue weighted by Crippen LogP contribution is 2.35. The fourth-order valence-electron chi connectivity index (χ4n) is 5.45. The Morgan fingerprint density at radius 2 is 1.80 bits per heavy atom. The lowest BCUT2D eigenvalue weighted by molar-refractivity contribution is -0.274. The maximum atomic E-state index is 13.8. The van der Waals surface area contributed by atoms with Crippen LogP contribution in [0.15, 0.2) is 76.0 Å². The van der Waals surface area contributed by atoms with E-state index in [4.69, 9.17) is 0 Å². The van der Waals surface area contributed by atoms with Crippen LogP contribution in [0.3, 0.4) is 0 Å². The van der Waals surface area contributed by atoms with E-state index in [9.17, 15) is 22.5 Å². The number of alkyl halides is 3. The molecule has 1 fully saturated rings. The van der Waals surface area contributed by atoms with Gasteiger partial charge in [-0.05, 0) is 60.9 Å². The molecule has 2 heterocycles. The Bertz CT molecular complexity index is 1610. The second-order valence-electron chi connectivity index (χ2n) is 10.0. The molecule has 4 atom stereocenters. The van der Waals surface area contributed by atoms with Crippen molar-refractivity contribution in [3.8, 4) is 5.75 Å². The van der Waals surface area contributed by atoms with Crippen molar-refractivity contribution in [1.29, 1.82) is 0 Å². The Balaban J connectivity index is 1.46. The molecule has 3 N–H and O–H groups in total. The highest BCUT2D eigenvalue weighted by molar-refractivity contribution is 7.91. The minimum atomic E-state index is -4.83. The summed E-state index contributed by atoms with van der Waals surface area (Å²) in [6, 6.07) is 18.3. The highest BCUT2D eigenvalue weighted by Gasteiger charge is 2.36. The Morgan fingerprint density at radius 1 is 1.07 bits per heavy atom. The Kier molecular flexibility index (Phi) is 8.10. The third kappa shape index (κ3) is 5.69. The number of unbranched alkanes of at least 4 members (excludes halogenated alkanes) is 1. The van der Waals surface area contributed by atoms with Gasteiger partial charge < -0.3 is 19.7 Å². The summed E-state index contributed by atoms with van der Waals surface area (Å²) in [6.45, 7) is 3.00. The molecule has 0 saturated carbocycles. The predicted molar refractivity (Wildman–Crippen MR) is 151 cm³/mol. The summed E-state index contributed by atoms with van der Waals surface area (Å²) < 4.78 is 64.6. The summed E-state index contributed by atoms with van der Waals surface area (Å²) in [5.74, 6) is -0.419. The maximum absolute atomic E-state index is 13.8. The molecule has 11 heteroatoms. The number of piperidine rings is 1. The zero-order valence-electron chi connectivity index (χ0n) is 22.3. The number of hydrogen-bond acceptors (Lipinski definition) is 5. The normalized spacial score (nSPS) is 21.4. The molecule has 4 unspecified atom stereocenters. The molecule has 1 aromatic heterocycles. The largest absolute Gasteiger partial charge is 0.573 e. The highest BCUT2D eigenvalue weighted by atomic mass is 32.2. The van der Waals surface area contributed by atoms with Gasteiger partial charge >= 0.3 is 6.36 Å². The van der Waals surface area contributed by atoms with Gasteiger partial charge in [-0.2, -0.15) is 0 Å². The molecule has 0 aliphatic carbocycles. The smallest absolute Gasteiger partial charge is 0.406 e. The standard InChI is InChI=1S/C29H33F3N4O3S/c1-3-4-7-19-10-15-26-23(16-19)22-8-5-6-9-25(22)36(26)27-18-34-17-24(28(27)37)35-40(38,33-2)21-13-11-20(12-14-21)39-29(30,31)32/h5-6,8-16,24,27-28,34,37H,3-4,7,17-18H2,1-2H3,(H,33,35,38). The molecule has 1 saturated heterocycles. The number of hydrogen-bond donors (Lipinski definition) is 3. The van der Waals surface area contributed by atoms with Crippen LogP contribution in [0.2, 0.25) is 0 Å². The first-order chi connectivity index (χ1) is 19.1. The second kappa shape index (κ2) is 11.4. The van der Waals surface area contributed by atoms with E-state index < -0.39 is 34.2 Å². The molecule has 0 bridgehead atoms. The van der Waals surface area contributed by atoms with Gasteiger partial charge in [-0.25, -0.2) is 13.3 Å². The molecule has 1 aliphatic rings. The van der Waals surface area contributed by atoms with Gasteiger partial charge in [-0.1, -0.05) is 37.6 Å². The van der Waals surface area contributed by atoms with Crippen molar-refractivity contribution < 1.29 is 27.2 Å². The lowest BCUT2D eigenvalue weighted by Gasteiger charge is -2.37. The van der Waals surface area contributed by atoms with Crippen molar-refractivity contribution in [2.75, 3.05) is 20.1 Å². The number of fused-ring (bicyclic) bond motifs is 3. The number of nitrogens with zero attached hydrogens (tertiary/aromatic N) is 2. The zero-order chi connectivity index (χ0) is 28.5. The number of ether oxygens (including phenoxy) is 1. The van der Waals surface area contributed by atoms with Crippen LogP contribution in [0.1, 0.15) is 31.4 Å². The van der Waals surface area contributed by atoms with Gasteiger partial charge in [0.1, 0.15) is 15.7 Å². The molecule has 0 amide bonds. The number of aliphatic hydroxyl groups excluding tert-OH is 1. The van der Waals surface area contributed by atoms with Gasteiger partial charge in [0.25, 0.3) is 0 Å². The van der Waals surface area contributed by atoms with Crippen LogP contribution < -0.4 is 14.8 Å². The zero-order valence-corrected chi connectivity index (χ0v) is 23.1. The van der Waals surface area contributed by atoms with Crippen molar-refractivity contribution in [2.24, 2.45) is 4.36 Å². The predicted octanol–water partition coefficient (Wildman–Crippen LogP) is 5.57. The average Bonchev–Trinajstić information content (AvgIpc) is 3.26. The number of para-hydroxylation sites is 1. The van der Waals surface area contributed by atoms with E-state index in [1.165, 1.54) is 24.7 Å². The lowest BCUT2D eigenvalue weighted by atomic mass is 9.99. The molecule has 4 aromatic rings. The summed E-state index contributed by atoms with van der Waals surface area (Å²) >= 11 is 0. The Morgan fingerprint density at radius 3 is 2.50 bits per heavy atom. The van der Waals surface area contributed by atoms with Gasteiger partial charge in [-0.3, -0.25) is 0 Å². The molecule has 0 spiro atoms. The summed E-state index contributed by atoms with van der Waals surface area (Å²) in [5, 5.41) is 17.2. The van der Waals surface area contributed by atoms with Gasteiger partial charge in [0.15, 0.2) is 0 Å². The minimum Gasteiger partial charge on any atom is -0.406 e. The van der Waals surface area contributed by atoms with Crippen LogP contribution in [0.25, 0.3) is 21.8 Å². The first-order valence-electron chi connectivity index (χ1n) is 13.3. The third-order valence-electron chi connectivity index (χ3n) is 7.39. The van der Waals surface area contributed by atoms with Crippen LogP contribution in [0.5, 0.6) is 5.75 Å². The SMILES string of the molecule is CCCCc1ccc2c(c1)c1ccccc1n2C1CNCC(NS(=O)(=NC)c2ccc(OC(F)(F)F)cc2)C1O. The summed E-state index contributed by atoms with van der Waals surface area (Å²) in [4.78, 5) is 0.190. The van der Waals surface area contributed by atoms with E-state index in [1.807, 2.05) is 18.2 Å². The van der Waals surface area contributed by atoms with Gasteiger partial charge in [0.05, 0.1) is 23.1 Å². The van der Waals surface area contributed by atoms with Gasteiger partial charge in [0.2, 0.25) is 0 Å². The van der Waals surface area contributed by atoms with Crippen LogP contribution in [0.4, 0.5) is 13.2 Å². The number of aryl methyl sites for hydroxylation is 1. The van der Waals surface area contributed by atoms with Crippen LogP contribution >= 0.6 is 0 Å². The average molecular weight is 575 g/mol. The summed E-state index contributed by atoms with van der Waals surface area (Å²) in [7, 11) is -1.89. The molecule has 40 heavy (non-hydrogen) atoms. The van der Waals surface area contributed by atoms with Gasteiger partial charge in [-0.15, -0.1) is 13.2 Å². The molecule has 214 valence electrons. The van der Waals surface area contributed by atoms with Crippen LogP contribution in [-0.4, -0.2) is 52.5 Å². The fourth-order valence-corrected chi connectivity index (χ4v) is 7.04. The summed E-state index contributed by atoms with van der Waals surface area (Å²) in [6.07, 6.45) is -2.53.